The van der Waals surface area contributed by atoms with E-state index in [-0.39, 0.29) is 0 Å². The lowest BCUT2D eigenvalue weighted by molar-refractivity contribution is 0.149. The fraction of sp³-hybridized carbons (Fsp3) is 1.00. The molecule has 1 fully saturated rings. The maximum Gasteiger partial charge on any atom is 0.0252 e. The van der Waals surface area contributed by atoms with E-state index in [0.29, 0.717) is 17.5 Å². The van der Waals surface area contributed by atoms with Crippen LogP contribution in [0.4, 0.5) is 0 Å². The smallest absolute Gasteiger partial charge is 0.0252 e. The van der Waals surface area contributed by atoms with Gasteiger partial charge in [0.1, 0.15) is 0 Å². The largest absolute Gasteiger partial charge is 0.326 e. The highest BCUT2D eigenvalue weighted by atomic mass is 15.2. The quantitative estimate of drug-likeness (QED) is 0.759. The number of nitrogens with two attached hydrogens (primary N) is 1. The van der Waals surface area contributed by atoms with Crippen molar-refractivity contribution in [3.8, 4) is 0 Å². The van der Waals surface area contributed by atoms with E-state index in [4.69, 9.17) is 5.73 Å². The number of hydrogen-bond acceptors (Lipinski definition) is 2. The highest BCUT2D eigenvalue weighted by Gasteiger charge is 2.41. The average molecular weight is 268 g/mol. The Kier molecular flexibility index (Phi) is 6.32. The van der Waals surface area contributed by atoms with Crippen molar-refractivity contribution >= 4 is 0 Å². The Balaban J connectivity index is 2.62. The molecule has 0 saturated heterocycles. The number of hydrogen-bond donors (Lipinski definition) is 1. The minimum Gasteiger partial charge on any atom is -0.326 e. The Morgan fingerprint density at radius 2 is 1.53 bits per heavy atom. The van der Waals surface area contributed by atoms with Gasteiger partial charge in [-0.15, -0.1) is 0 Å². The molecular formula is C17H36N2. The lowest BCUT2D eigenvalue weighted by Crippen LogP contribution is -2.50. The van der Waals surface area contributed by atoms with E-state index in [1.807, 2.05) is 0 Å². The van der Waals surface area contributed by atoms with Crippen LogP contribution in [0, 0.1) is 17.3 Å². The third kappa shape index (κ3) is 5.07. The standard InChI is InChI=1S/C17H36N2/c1-13(2)8-11-19(12-9-14(3)4)15-7-10-17(5,6)16(15)18/h13-16H,7-12,18H2,1-6H3. The molecule has 0 aromatic rings. The first-order valence-corrected chi connectivity index (χ1v) is 8.23. The Hall–Kier alpha value is -0.0800. The van der Waals surface area contributed by atoms with Gasteiger partial charge in [-0.1, -0.05) is 41.5 Å². The van der Waals surface area contributed by atoms with Gasteiger partial charge in [0, 0.05) is 12.1 Å². The fourth-order valence-electron chi connectivity index (χ4n) is 3.09. The molecule has 0 bridgehead atoms. The Bertz CT molecular complexity index is 246. The molecule has 0 spiro atoms. The maximum absolute atomic E-state index is 6.53. The molecule has 1 aliphatic carbocycles. The van der Waals surface area contributed by atoms with Gasteiger partial charge in [0.05, 0.1) is 0 Å². The van der Waals surface area contributed by atoms with Gasteiger partial charge in [0.2, 0.25) is 0 Å². The second kappa shape index (κ2) is 7.08. The summed E-state index contributed by atoms with van der Waals surface area (Å²) in [6.07, 6.45) is 5.15. The van der Waals surface area contributed by atoms with E-state index >= 15 is 0 Å². The second-order valence-corrected chi connectivity index (χ2v) is 8.02. The van der Waals surface area contributed by atoms with Crippen molar-refractivity contribution in [2.75, 3.05) is 13.1 Å². The molecule has 114 valence electrons. The highest BCUT2D eigenvalue weighted by Crippen LogP contribution is 2.38. The van der Waals surface area contributed by atoms with Crippen LogP contribution in [0.25, 0.3) is 0 Å². The second-order valence-electron chi connectivity index (χ2n) is 8.02. The van der Waals surface area contributed by atoms with E-state index in [0.717, 1.165) is 11.8 Å². The Labute approximate surface area is 121 Å². The first-order valence-electron chi connectivity index (χ1n) is 8.23. The van der Waals surface area contributed by atoms with E-state index in [9.17, 15) is 0 Å². The lowest BCUT2D eigenvalue weighted by Gasteiger charge is -2.36. The van der Waals surface area contributed by atoms with Crippen molar-refractivity contribution < 1.29 is 0 Å². The minimum atomic E-state index is 0.318. The summed E-state index contributed by atoms with van der Waals surface area (Å²) in [7, 11) is 0. The molecule has 0 radical (unpaired) electrons. The third-order valence-electron chi connectivity index (χ3n) is 4.86. The molecule has 1 aliphatic rings. The molecule has 2 N–H and O–H groups in total. The molecule has 0 amide bonds. The SMILES string of the molecule is CC(C)CCN(CCC(C)C)C1CCC(C)(C)C1N. The van der Waals surface area contributed by atoms with Gasteiger partial charge in [-0.25, -0.2) is 0 Å². The molecule has 1 rings (SSSR count). The number of rotatable bonds is 7. The molecule has 19 heavy (non-hydrogen) atoms. The van der Waals surface area contributed by atoms with Crippen molar-refractivity contribution in [1.82, 2.24) is 4.90 Å². The van der Waals surface area contributed by atoms with Crippen LogP contribution in [0.1, 0.15) is 67.2 Å². The Morgan fingerprint density at radius 1 is 1.05 bits per heavy atom. The fourth-order valence-corrected chi connectivity index (χ4v) is 3.09. The molecule has 0 aromatic carbocycles. The van der Waals surface area contributed by atoms with Gasteiger partial charge in [-0.3, -0.25) is 4.90 Å². The van der Waals surface area contributed by atoms with Crippen molar-refractivity contribution in [1.29, 1.82) is 0 Å². The maximum atomic E-state index is 6.53. The molecule has 2 heteroatoms. The zero-order chi connectivity index (χ0) is 14.6. The topological polar surface area (TPSA) is 29.3 Å². The average Bonchev–Trinajstić information content (AvgIpc) is 2.55. The first-order chi connectivity index (χ1) is 8.74. The van der Waals surface area contributed by atoms with E-state index in [2.05, 4.69) is 46.4 Å². The van der Waals surface area contributed by atoms with Crippen molar-refractivity contribution in [2.45, 2.75) is 79.3 Å². The number of nitrogens with zero attached hydrogens (tertiary/aromatic N) is 1. The summed E-state index contributed by atoms with van der Waals surface area (Å²) >= 11 is 0. The normalized spacial score (nSPS) is 26.8. The van der Waals surface area contributed by atoms with Crippen molar-refractivity contribution in [2.24, 2.45) is 23.0 Å². The monoisotopic (exact) mass is 268 g/mol. The van der Waals surface area contributed by atoms with E-state index < -0.39 is 0 Å². The van der Waals surface area contributed by atoms with E-state index in [1.165, 1.54) is 38.8 Å². The molecular weight excluding hydrogens is 232 g/mol. The molecule has 0 heterocycles. The van der Waals surface area contributed by atoms with Crippen molar-refractivity contribution in [3.05, 3.63) is 0 Å². The van der Waals surface area contributed by atoms with Gasteiger partial charge < -0.3 is 5.73 Å². The molecule has 2 unspecified atom stereocenters. The minimum absolute atomic E-state index is 0.318. The van der Waals surface area contributed by atoms with Crippen LogP contribution in [0.2, 0.25) is 0 Å². The van der Waals surface area contributed by atoms with E-state index in [1.54, 1.807) is 0 Å². The van der Waals surface area contributed by atoms with Crippen LogP contribution in [0.15, 0.2) is 0 Å². The van der Waals surface area contributed by atoms with Crippen LogP contribution in [-0.2, 0) is 0 Å². The zero-order valence-electron chi connectivity index (χ0n) is 14.1. The first kappa shape index (κ1) is 17.0. The van der Waals surface area contributed by atoms with Crippen LogP contribution in [0.3, 0.4) is 0 Å². The molecule has 0 aliphatic heterocycles. The Morgan fingerprint density at radius 3 is 1.84 bits per heavy atom. The van der Waals surface area contributed by atoms with Crippen LogP contribution in [-0.4, -0.2) is 30.1 Å². The predicted molar refractivity (Wildman–Crippen MR) is 85.3 cm³/mol. The summed E-state index contributed by atoms with van der Waals surface area (Å²) < 4.78 is 0. The zero-order valence-corrected chi connectivity index (χ0v) is 14.1. The van der Waals surface area contributed by atoms with Crippen molar-refractivity contribution in [3.63, 3.8) is 0 Å². The molecule has 0 aromatic heterocycles. The summed E-state index contributed by atoms with van der Waals surface area (Å²) in [5.74, 6) is 1.57. The van der Waals surface area contributed by atoms with Gasteiger partial charge >= 0.3 is 0 Å². The summed E-state index contributed by atoms with van der Waals surface area (Å²) in [6, 6.07) is 0.944. The summed E-state index contributed by atoms with van der Waals surface area (Å²) in [5.41, 5.74) is 6.85. The predicted octanol–water partition coefficient (Wildman–Crippen LogP) is 3.90. The lowest BCUT2D eigenvalue weighted by atomic mass is 9.87. The van der Waals surface area contributed by atoms with Gasteiger partial charge in [0.25, 0.3) is 0 Å². The third-order valence-corrected chi connectivity index (χ3v) is 4.86. The molecule has 1 saturated carbocycles. The summed E-state index contributed by atoms with van der Waals surface area (Å²) in [4.78, 5) is 2.69. The van der Waals surface area contributed by atoms with Crippen LogP contribution < -0.4 is 5.73 Å². The van der Waals surface area contributed by atoms with Gasteiger partial charge in [0.15, 0.2) is 0 Å². The molecule has 2 nitrogen and oxygen atoms in total. The summed E-state index contributed by atoms with van der Waals surface area (Å²) in [5, 5.41) is 0. The van der Waals surface area contributed by atoms with Crippen LogP contribution in [0.5, 0.6) is 0 Å². The van der Waals surface area contributed by atoms with Gasteiger partial charge in [-0.2, -0.15) is 0 Å². The highest BCUT2D eigenvalue weighted by molar-refractivity contribution is 4.99. The molecule has 2 atom stereocenters. The van der Waals surface area contributed by atoms with Gasteiger partial charge in [-0.05, 0) is 56.0 Å². The summed E-state index contributed by atoms with van der Waals surface area (Å²) in [6.45, 7) is 16.4. The van der Waals surface area contributed by atoms with Crippen LogP contribution >= 0.6 is 0 Å².